The Morgan fingerprint density at radius 1 is 1.32 bits per heavy atom. The molecule has 0 aromatic heterocycles. The van der Waals surface area contributed by atoms with Crippen molar-refractivity contribution >= 4 is 0 Å². The van der Waals surface area contributed by atoms with E-state index in [1.54, 1.807) is 6.08 Å². The van der Waals surface area contributed by atoms with Crippen molar-refractivity contribution in [3.63, 3.8) is 0 Å². The summed E-state index contributed by atoms with van der Waals surface area (Å²) in [4.78, 5) is 0. The third-order valence-electron chi connectivity index (χ3n) is 6.61. The summed E-state index contributed by atoms with van der Waals surface area (Å²) in [7, 11) is 0. The van der Waals surface area contributed by atoms with Crippen LogP contribution in [0.4, 0.5) is 0 Å². The van der Waals surface area contributed by atoms with Crippen molar-refractivity contribution in [3.05, 3.63) is 24.8 Å². The maximum atomic E-state index is 10.7. The Bertz CT molecular complexity index is 449. The molecule has 0 heterocycles. The van der Waals surface area contributed by atoms with Gasteiger partial charge in [0.1, 0.15) is 0 Å². The molecule has 0 bridgehead atoms. The van der Waals surface area contributed by atoms with Crippen LogP contribution in [0.2, 0.25) is 0 Å². The molecule has 2 aliphatic carbocycles. The van der Waals surface area contributed by atoms with Gasteiger partial charge in [0, 0.05) is 0 Å². The van der Waals surface area contributed by atoms with Crippen LogP contribution in [0.1, 0.15) is 66.2 Å². The molecule has 0 saturated heterocycles. The summed E-state index contributed by atoms with van der Waals surface area (Å²) >= 11 is 0. The van der Waals surface area contributed by atoms with Crippen LogP contribution in [-0.2, 0) is 0 Å². The first-order valence-corrected chi connectivity index (χ1v) is 8.75. The number of fused-ring (bicyclic) bond motifs is 1. The first-order valence-electron chi connectivity index (χ1n) is 8.75. The van der Waals surface area contributed by atoms with Crippen molar-refractivity contribution in [2.75, 3.05) is 0 Å². The average molecular weight is 306 g/mol. The van der Waals surface area contributed by atoms with E-state index in [1.807, 2.05) is 6.92 Å². The molecule has 0 aromatic carbocycles. The zero-order chi connectivity index (χ0) is 16.8. The lowest BCUT2D eigenvalue weighted by molar-refractivity contribution is -0.123. The van der Waals surface area contributed by atoms with Gasteiger partial charge in [-0.15, -0.1) is 6.58 Å². The Kier molecular flexibility index (Phi) is 4.68. The molecule has 2 rings (SSSR count). The van der Waals surface area contributed by atoms with Gasteiger partial charge >= 0.3 is 0 Å². The van der Waals surface area contributed by atoms with E-state index in [2.05, 4.69) is 33.9 Å². The number of aliphatic hydroxyl groups excluding tert-OH is 1. The van der Waals surface area contributed by atoms with E-state index >= 15 is 0 Å². The highest BCUT2D eigenvalue weighted by Gasteiger charge is 2.56. The highest BCUT2D eigenvalue weighted by molar-refractivity contribution is 5.18. The molecule has 0 aliphatic heterocycles. The molecular formula is C20H34O2. The lowest BCUT2D eigenvalue weighted by Gasteiger charge is -2.59. The van der Waals surface area contributed by atoms with Gasteiger partial charge in [0.2, 0.25) is 0 Å². The van der Waals surface area contributed by atoms with Crippen molar-refractivity contribution in [1.29, 1.82) is 0 Å². The molecule has 2 nitrogen and oxygen atoms in total. The van der Waals surface area contributed by atoms with Gasteiger partial charge in [0.25, 0.3) is 0 Å². The van der Waals surface area contributed by atoms with Gasteiger partial charge in [-0.25, -0.2) is 0 Å². The number of aliphatic hydroxyl groups is 2. The fourth-order valence-electron chi connectivity index (χ4n) is 5.55. The first kappa shape index (κ1) is 17.7. The molecule has 0 aromatic rings. The smallest absolute Gasteiger partial charge is 0.0797 e. The van der Waals surface area contributed by atoms with E-state index in [0.29, 0.717) is 24.7 Å². The van der Waals surface area contributed by atoms with Gasteiger partial charge in [-0.1, -0.05) is 45.4 Å². The van der Waals surface area contributed by atoms with Gasteiger partial charge in [0.05, 0.1) is 11.7 Å². The number of rotatable bonds is 4. The normalized spacial score (nSPS) is 40.6. The van der Waals surface area contributed by atoms with Gasteiger partial charge < -0.3 is 10.2 Å². The van der Waals surface area contributed by atoms with E-state index in [-0.39, 0.29) is 16.9 Å². The fourth-order valence-corrected chi connectivity index (χ4v) is 5.55. The zero-order valence-electron chi connectivity index (χ0n) is 14.9. The van der Waals surface area contributed by atoms with E-state index < -0.39 is 5.60 Å². The minimum Gasteiger partial charge on any atom is -0.392 e. The van der Waals surface area contributed by atoms with Crippen molar-refractivity contribution in [2.24, 2.45) is 22.7 Å². The summed E-state index contributed by atoms with van der Waals surface area (Å²) in [6, 6.07) is 0. The Morgan fingerprint density at radius 2 is 1.95 bits per heavy atom. The van der Waals surface area contributed by atoms with Crippen LogP contribution in [0, 0.1) is 22.7 Å². The van der Waals surface area contributed by atoms with Crippen LogP contribution in [0.5, 0.6) is 0 Å². The van der Waals surface area contributed by atoms with Gasteiger partial charge in [-0.05, 0) is 61.7 Å². The quantitative estimate of drug-likeness (QED) is 0.752. The van der Waals surface area contributed by atoms with Gasteiger partial charge in [-0.3, -0.25) is 0 Å². The SMILES string of the molecule is C=C[C@](C)(O)CCC1C(=C)CC(O)C2C(C)(C)CCCC12C. The molecule has 0 spiro atoms. The maximum Gasteiger partial charge on any atom is 0.0797 e. The molecule has 2 aliphatic rings. The van der Waals surface area contributed by atoms with Crippen LogP contribution in [-0.4, -0.2) is 21.9 Å². The van der Waals surface area contributed by atoms with Crippen LogP contribution in [0.15, 0.2) is 24.8 Å². The molecule has 0 radical (unpaired) electrons. The van der Waals surface area contributed by atoms with Crippen molar-refractivity contribution in [3.8, 4) is 0 Å². The van der Waals surface area contributed by atoms with Crippen LogP contribution >= 0.6 is 0 Å². The van der Waals surface area contributed by atoms with Crippen LogP contribution in [0.3, 0.4) is 0 Å². The second kappa shape index (κ2) is 5.79. The third kappa shape index (κ3) is 3.05. The Morgan fingerprint density at radius 3 is 2.55 bits per heavy atom. The minimum absolute atomic E-state index is 0.0910. The summed E-state index contributed by atoms with van der Waals surface area (Å²) in [6.07, 6.45) is 7.26. The predicted molar refractivity (Wildman–Crippen MR) is 92.5 cm³/mol. The third-order valence-corrected chi connectivity index (χ3v) is 6.61. The molecular weight excluding hydrogens is 272 g/mol. The molecule has 5 atom stereocenters. The van der Waals surface area contributed by atoms with Crippen molar-refractivity contribution < 1.29 is 10.2 Å². The maximum absolute atomic E-state index is 10.7. The fraction of sp³-hybridized carbons (Fsp3) is 0.800. The van der Waals surface area contributed by atoms with E-state index in [4.69, 9.17) is 0 Å². The Hall–Kier alpha value is -0.600. The van der Waals surface area contributed by atoms with E-state index in [1.165, 1.54) is 18.4 Å². The highest BCUT2D eigenvalue weighted by Crippen LogP contribution is 2.61. The molecule has 2 N–H and O–H groups in total. The lowest BCUT2D eigenvalue weighted by atomic mass is 9.46. The topological polar surface area (TPSA) is 40.5 Å². The summed E-state index contributed by atoms with van der Waals surface area (Å²) in [5, 5.41) is 21.0. The zero-order valence-corrected chi connectivity index (χ0v) is 14.9. The van der Waals surface area contributed by atoms with E-state index in [0.717, 1.165) is 12.8 Å². The van der Waals surface area contributed by atoms with E-state index in [9.17, 15) is 10.2 Å². The summed E-state index contributed by atoms with van der Waals surface area (Å²) < 4.78 is 0. The number of hydrogen-bond donors (Lipinski definition) is 2. The molecule has 2 heteroatoms. The number of hydrogen-bond acceptors (Lipinski definition) is 2. The lowest BCUT2D eigenvalue weighted by Crippen LogP contribution is -2.55. The summed E-state index contributed by atoms with van der Waals surface area (Å²) in [6.45, 7) is 16.8. The van der Waals surface area contributed by atoms with Crippen LogP contribution < -0.4 is 0 Å². The molecule has 126 valence electrons. The first-order chi connectivity index (χ1) is 10.0. The van der Waals surface area contributed by atoms with Crippen molar-refractivity contribution in [2.45, 2.75) is 77.9 Å². The van der Waals surface area contributed by atoms with Crippen molar-refractivity contribution in [1.82, 2.24) is 0 Å². The molecule has 2 saturated carbocycles. The molecule has 4 unspecified atom stereocenters. The molecule has 2 fully saturated rings. The Labute approximate surface area is 136 Å². The summed E-state index contributed by atoms with van der Waals surface area (Å²) in [5.41, 5.74) is 0.621. The second-order valence-corrected chi connectivity index (χ2v) is 8.91. The average Bonchev–Trinajstić information content (AvgIpc) is 2.36. The monoisotopic (exact) mass is 306 g/mol. The predicted octanol–water partition coefficient (Wildman–Crippen LogP) is 4.47. The van der Waals surface area contributed by atoms with Crippen LogP contribution in [0.25, 0.3) is 0 Å². The van der Waals surface area contributed by atoms with Gasteiger partial charge in [0.15, 0.2) is 0 Å². The standard InChI is InChI=1S/C20H34O2/c1-7-19(5,22)12-9-15-14(2)13-16(21)17-18(3,4)10-8-11-20(15,17)6/h7,15-17,21-22H,1-2,8-13H2,3-6H3/t15?,16?,17?,19-,20?/m0/s1. The molecule has 0 amide bonds. The summed E-state index contributed by atoms with van der Waals surface area (Å²) in [5.74, 6) is 0.699. The minimum atomic E-state index is -0.813. The second-order valence-electron chi connectivity index (χ2n) is 8.91. The highest BCUT2D eigenvalue weighted by atomic mass is 16.3. The van der Waals surface area contributed by atoms with Gasteiger partial charge in [-0.2, -0.15) is 0 Å². The largest absolute Gasteiger partial charge is 0.392 e. The molecule has 22 heavy (non-hydrogen) atoms. The Balaban J connectivity index is 2.28.